The average molecular weight is 304 g/mol. The van der Waals surface area contributed by atoms with Crippen molar-refractivity contribution in [3.05, 3.63) is 54.0 Å². The number of ether oxygens (including phenoxy) is 1. The third-order valence-electron chi connectivity index (χ3n) is 3.13. The number of para-hydroxylation sites is 1. The molecular weight excluding hydrogens is 284 g/mol. The van der Waals surface area contributed by atoms with Gasteiger partial charge in [0.05, 0.1) is 24.7 Å². The highest BCUT2D eigenvalue weighted by Gasteiger charge is 2.06. The van der Waals surface area contributed by atoms with E-state index in [2.05, 4.69) is 11.9 Å². The molecule has 0 amide bonds. The van der Waals surface area contributed by atoms with Crippen molar-refractivity contribution in [1.82, 2.24) is 4.90 Å². The topological polar surface area (TPSA) is 51.6 Å². The van der Waals surface area contributed by atoms with Crippen molar-refractivity contribution in [3.8, 4) is 5.75 Å². The molecule has 2 aromatic rings. The quantitative estimate of drug-likeness (QED) is 0.600. The van der Waals surface area contributed by atoms with Gasteiger partial charge in [-0.2, -0.15) is 0 Å². The van der Waals surface area contributed by atoms with Gasteiger partial charge in [0.1, 0.15) is 10.7 Å². The van der Waals surface area contributed by atoms with E-state index in [1.54, 1.807) is 12.5 Å². The summed E-state index contributed by atoms with van der Waals surface area (Å²) in [5, 5.41) is 0. The normalized spacial score (nSPS) is 10.8. The van der Waals surface area contributed by atoms with Crippen LogP contribution in [0, 0.1) is 0 Å². The maximum absolute atomic E-state index is 5.77. The summed E-state index contributed by atoms with van der Waals surface area (Å²) in [7, 11) is 2.08. The molecule has 5 heteroatoms. The number of hydrogen-bond acceptors (Lipinski definition) is 4. The molecule has 0 saturated carbocycles. The number of furan rings is 1. The third kappa shape index (κ3) is 4.88. The van der Waals surface area contributed by atoms with E-state index in [1.807, 2.05) is 30.3 Å². The van der Waals surface area contributed by atoms with Crippen LogP contribution in [0.2, 0.25) is 0 Å². The molecule has 0 aliphatic carbocycles. The summed E-state index contributed by atoms with van der Waals surface area (Å²) in [6.07, 6.45) is 4.39. The molecule has 2 N–H and O–H groups in total. The van der Waals surface area contributed by atoms with Gasteiger partial charge in [-0.3, -0.25) is 0 Å². The highest BCUT2D eigenvalue weighted by molar-refractivity contribution is 7.80. The van der Waals surface area contributed by atoms with Gasteiger partial charge in [0.2, 0.25) is 0 Å². The van der Waals surface area contributed by atoms with Gasteiger partial charge >= 0.3 is 0 Å². The van der Waals surface area contributed by atoms with Crippen LogP contribution in [0.15, 0.2) is 47.3 Å². The molecule has 0 bridgehead atoms. The monoisotopic (exact) mass is 304 g/mol. The summed E-state index contributed by atoms with van der Waals surface area (Å²) >= 11 is 5.02. The molecule has 0 radical (unpaired) electrons. The molecule has 4 nitrogen and oxygen atoms in total. The Morgan fingerprint density at radius 1 is 1.33 bits per heavy atom. The molecule has 0 spiro atoms. The number of nitrogens with two attached hydrogens (primary N) is 1. The molecule has 1 heterocycles. The summed E-state index contributed by atoms with van der Waals surface area (Å²) in [6.45, 7) is 2.45. The zero-order valence-electron chi connectivity index (χ0n) is 12.1. The summed E-state index contributed by atoms with van der Waals surface area (Å²) in [4.78, 5) is 2.59. The number of rotatable bonds is 8. The summed E-state index contributed by atoms with van der Waals surface area (Å²) in [5.74, 6) is 0.752. The second-order valence-electron chi connectivity index (χ2n) is 4.93. The fourth-order valence-corrected chi connectivity index (χ4v) is 2.25. The van der Waals surface area contributed by atoms with Crippen LogP contribution in [0.1, 0.15) is 17.5 Å². The van der Waals surface area contributed by atoms with Gasteiger partial charge in [-0.1, -0.05) is 24.4 Å². The first-order chi connectivity index (χ1) is 10.2. The van der Waals surface area contributed by atoms with Gasteiger partial charge in [-0.05, 0) is 31.7 Å². The van der Waals surface area contributed by atoms with E-state index in [0.717, 1.165) is 30.8 Å². The zero-order chi connectivity index (χ0) is 15.1. The Balaban J connectivity index is 1.73. The van der Waals surface area contributed by atoms with E-state index in [0.29, 0.717) is 11.6 Å². The van der Waals surface area contributed by atoms with Crippen molar-refractivity contribution < 1.29 is 9.15 Å². The number of nitrogens with zero attached hydrogens (tertiary/aromatic N) is 1. The van der Waals surface area contributed by atoms with Crippen LogP contribution in [0.4, 0.5) is 0 Å². The highest BCUT2D eigenvalue weighted by atomic mass is 32.1. The van der Waals surface area contributed by atoms with Crippen molar-refractivity contribution in [2.75, 3.05) is 20.2 Å². The Hall–Kier alpha value is -1.85. The van der Waals surface area contributed by atoms with E-state index in [4.69, 9.17) is 27.1 Å². The van der Waals surface area contributed by atoms with Crippen LogP contribution in [-0.2, 0) is 6.54 Å². The van der Waals surface area contributed by atoms with Gasteiger partial charge in [-0.15, -0.1) is 0 Å². The first-order valence-electron chi connectivity index (χ1n) is 6.88. The SMILES string of the molecule is CN(CCCOc1ccccc1C(N)=S)Cc1ccoc1. The number of hydrogen-bond donors (Lipinski definition) is 1. The lowest BCUT2D eigenvalue weighted by atomic mass is 10.2. The molecule has 0 atom stereocenters. The summed E-state index contributed by atoms with van der Waals surface area (Å²) in [5.41, 5.74) is 7.65. The fraction of sp³-hybridized carbons (Fsp3) is 0.312. The Labute approximate surface area is 130 Å². The molecule has 0 unspecified atom stereocenters. The minimum absolute atomic E-state index is 0.364. The van der Waals surface area contributed by atoms with E-state index in [1.165, 1.54) is 5.56 Å². The smallest absolute Gasteiger partial charge is 0.129 e. The van der Waals surface area contributed by atoms with Crippen molar-refractivity contribution in [2.45, 2.75) is 13.0 Å². The Kier molecular flexibility index (Phi) is 5.78. The van der Waals surface area contributed by atoms with Crippen LogP contribution in [-0.4, -0.2) is 30.1 Å². The molecule has 0 saturated heterocycles. The summed E-state index contributed by atoms with van der Waals surface area (Å²) < 4.78 is 10.8. The molecule has 1 aromatic heterocycles. The van der Waals surface area contributed by atoms with Crippen LogP contribution in [0.5, 0.6) is 5.75 Å². The lowest BCUT2D eigenvalue weighted by molar-refractivity contribution is 0.258. The van der Waals surface area contributed by atoms with E-state index >= 15 is 0 Å². The van der Waals surface area contributed by atoms with Crippen LogP contribution < -0.4 is 10.5 Å². The Bertz CT molecular complexity index is 569. The zero-order valence-corrected chi connectivity index (χ0v) is 12.9. The summed E-state index contributed by atoms with van der Waals surface area (Å²) in [6, 6.07) is 9.57. The van der Waals surface area contributed by atoms with Crippen molar-refractivity contribution in [3.63, 3.8) is 0 Å². The lowest BCUT2D eigenvalue weighted by Crippen LogP contribution is -2.20. The van der Waals surface area contributed by atoms with Gasteiger partial charge in [0.25, 0.3) is 0 Å². The Morgan fingerprint density at radius 3 is 2.86 bits per heavy atom. The second-order valence-corrected chi connectivity index (χ2v) is 5.37. The fourth-order valence-electron chi connectivity index (χ4n) is 2.09. The largest absolute Gasteiger partial charge is 0.493 e. The van der Waals surface area contributed by atoms with Crippen molar-refractivity contribution in [1.29, 1.82) is 0 Å². The van der Waals surface area contributed by atoms with Crippen LogP contribution in [0.3, 0.4) is 0 Å². The van der Waals surface area contributed by atoms with E-state index in [9.17, 15) is 0 Å². The number of thiocarbonyl (C=S) groups is 1. The molecule has 112 valence electrons. The minimum Gasteiger partial charge on any atom is -0.493 e. The van der Waals surface area contributed by atoms with Gasteiger partial charge < -0.3 is 19.8 Å². The maximum atomic E-state index is 5.77. The van der Waals surface area contributed by atoms with Gasteiger partial charge in [0.15, 0.2) is 0 Å². The van der Waals surface area contributed by atoms with Crippen molar-refractivity contribution in [2.24, 2.45) is 5.73 Å². The van der Waals surface area contributed by atoms with E-state index < -0.39 is 0 Å². The second kappa shape index (κ2) is 7.81. The molecule has 0 aliphatic rings. The molecule has 0 fully saturated rings. The van der Waals surface area contributed by atoms with E-state index in [-0.39, 0.29) is 0 Å². The minimum atomic E-state index is 0.364. The van der Waals surface area contributed by atoms with Crippen LogP contribution >= 0.6 is 12.2 Å². The molecule has 1 aromatic carbocycles. The molecule has 2 rings (SSSR count). The standard InChI is InChI=1S/C16H20N2O2S/c1-18(11-13-7-10-19-12-13)8-4-9-20-15-6-3-2-5-14(15)16(17)21/h2-3,5-7,10,12H,4,8-9,11H2,1H3,(H2,17,21). The third-order valence-corrected chi connectivity index (χ3v) is 3.35. The van der Waals surface area contributed by atoms with Gasteiger partial charge in [-0.25, -0.2) is 0 Å². The van der Waals surface area contributed by atoms with Crippen LogP contribution in [0.25, 0.3) is 0 Å². The first kappa shape index (κ1) is 15.5. The molecular formula is C16H20N2O2S. The van der Waals surface area contributed by atoms with Gasteiger partial charge in [0, 0.05) is 18.7 Å². The average Bonchev–Trinajstić information content (AvgIpc) is 2.96. The highest BCUT2D eigenvalue weighted by Crippen LogP contribution is 2.17. The first-order valence-corrected chi connectivity index (χ1v) is 7.29. The predicted molar refractivity (Wildman–Crippen MR) is 87.5 cm³/mol. The number of benzene rings is 1. The predicted octanol–water partition coefficient (Wildman–Crippen LogP) is 2.81. The molecule has 0 aliphatic heterocycles. The van der Waals surface area contributed by atoms with Crippen molar-refractivity contribution >= 4 is 17.2 Å². The molecule has 21 heavy (non-hydrogen) atoms. The lowest BCUT2D eigenvalue weighted by Gasteiger charge is -2.16. The Morgan fingerprint density at radius 2 is 2.14 bits per heavy atom. The maximum Gasteiger partial charge on any atom is 0.129 e.